The zero-order valence-electron chi connectivity index (χ0n) is 9.30. The zero-order chi connectivity index (χ0) is 11.9. The molecule has 84 valence electrons. The fraction of sp³-hybridized carbons (Fsp3) is 0.143. The lowest BCUT2D eigenvalue weighted by atomic mass is 10.1. The van der Waals surface area contributed by atoms with Crippen molar-refractivity contribution in [2.24, 2.45) is 0 Å². The minimum Gasteiger partial charge on any atom is -0.395 e. The third-order valence-electron chi connectivity index (χ3n) is 2.18. The molecule has 1 aromatic carbocycles. The molecule has 0 amide bonds. The molecule has 0 aliphatic carbocycles. The summed E-state index contributed by atoms with van der Waals surface area (Å²) in [5.74, 6) is 6.56. The second-order valence-corrected chi connectivity index (χ2v) is 3.43. The number of hydrogen-bond donors (Lipinski definition) is 1. The van der Waals surface area contributed by atoms with Crippen LogP contribution in [0.15, 0.2) is 42.7 Å². The lowest BCUT2D eigenvalue weighted by Crippen LogP contribution is -1.86. The van der Waals surface area contributed by atoms with Crippen molar-refractivity contribution >= 4 is 0 Å². The molecule has 1 N–H and O–H groups in total. The molecular formula is C14H12N2O. The Morgan fingerprint density at radius 2 is 1.76 bits per heavy atom. The molecule has 0 saturated carbocycles. The van der Waals surface area contributed by atoms with E-state index in [1.54, 1.807) is 18.5 Å². The molecule has 0 aliphatic rings. The summed E-state index contributed by atoms with van der Waals surface area (Å²) < 4.78 is 0. The highest BCUT2D eigenvalue weighted by Gasteiger charge is 1.98. The van der Waals surface area contributed by atoms with Crippen molar-refractivity contribution in [3.05, 3.63) is 48.3 Å². The molecule has 0 aliphatic heterocycles. The van der Waals surface area contributed by atoms with Crippen LogP contribution in [0.1, 0.15) is 12.0 Å². The van der Waals surface area contributed by atoms with Gasteiger partial charge in [0.25, 0.3) is 0 Å². The maximum Gasteiger partial charge on any atom is 0.159 e. The van der Waals surface area contributed by atoms with Crippen molar-refractivity contribution < 1.29 is 5.11 Å². The molecule has 1 aromatic heterocycles. The summed E-state index contributed by atoms with van der Waals surface area (Å²) >= 11 is 0. The first-order chi connectivity index (χ1) is 8.40. The van der Waals surface area contributed by atoms with Crippen LogP contribution in [0.3, 0.4) is 0 Å². The van der Waals surface area contributed by atoms with E-state index in [0.29, 0.717) is 12.2 Å². The third-order valence-corrected chi connectivity index (χ3v) is 2.18. The number of aliphatic hydroxyl groups is 1. The van der Waals surface area contributed by atoms with E-state index in [1.165, 1.54) is 0 Å². The minimum atomic E-state index is 0.100. The van der Waals surface area contributed by atoms with Gasteiger partial charge in [-0.2, -0.15) is 0 Å². The van der Waals surface area contributed by atoms with Crippen LogP contribution in [-0.4, -0.2) is 21.7 Å². The Morgan fingerprint density at radius 3 is 2.41 bits per heavy atom. The van der Waals surface area contributed by atoms with E-state index in [4.69, 9.17) is 5.11 Å². The molecule has 0 fully saturated rings. The van der Waals surface area contributed by atoms with E-state index >= 15 is 0 Å². The van der Waals surface area contributed by atoms with Crippen LogP contribution in [-0.2, 0) is 0 Å². The average molecular weight is 224 g/mol. The lowest BCUT2D eigenvalue weighted by molar-refractivity contribution is 0.305. The van der Waals surface area contributed by atoms with Gasteiger partial charge in [0.15, 0.2) is 5.82 Å². The van der Waals surface area contributed by atoms with Crippen LogP contribution in [0.5, 0.6) is 0 Å². The summed E-state index contributed by atoms with van der Waals surface area (Å²) in [6.07, 6.45) is 3.94. The molecule has 0 saturated heterocycles. The predicted octanol–water partition coefficient (Wildman–Crippen LogP) is 1.88. The molecule has 0 radical (unpaired) electrons. The van der Waals surface area contributed by atoms with Gasteiger partial charge in [-0.05, 0) is 30.3 Å². The molecular weight excluding hydrogens is 212 g/mol. The summed E-state index contributed by atoms with van der Waals surface area (Å²) in [6, 6.07) is 9.53. The summed E-state index contributed by atoms with van der Waals surface area (Å²) in [7, 11) is 0. The Balaban J connectivity index is 2.17. The molecule has 0 unspecified atom stereocenters. The van der Waals surface area contributed by atoms with Crippen LogP contribution in [0.25, 0.3) is 11.4 Å². The van der Waals surface area contributed by atoms with Crippen LogP contribution in [0.2, 0.25) is 0 Å². The number of aliphatic hydroxyl groups excluding tert-OH is 1. The van der Waals surface area contributed by atoms with E-state index in [9.17, 15) is 0 Å². The van der Waals surface area contributed by atoms with E-state index in [2.05, 4.69) is 21.8 Å². The molecule has 2 aromatic rings. The molecule has 0 spiro atoms. The Kier molecular flexibility index (Phi) is 3.85. The van der Waals surface area contributed by atoms with Crippen molar-refractivity contribution in [3.63, 3.8) is 0 Å². The summed E-state index contributed by atoms with van der Waals surface area (Å²) in [5.41, 5.74) is 1.90. The Hall–Kier alpha value is -2.18. The number of hydrogen-bond acceptors (Lipinski definition) is 3. The van der Waals surface area contributed by atoms with Gasteiger partial charge in [0, 0.05) is 29.9 Å². The van der Waals surface area contributed by atoms with Crippen molar-refractivity contribution in [2.75, 3.05) is 6.61 Å². The van der Waals surface area contributed by atoms with Gasteiger partial charge < -0.3 is 5.11 Å². The topological polar surface area (TPSA) is 46.0 Å². The van der Waals surface area contributed by atoms with Gasteiger partial charge in [-0.1, -0.05) is 11.8 Å². The monoisotopic (exact) mass is 224 g/mol. The normalized spacial score (nSPS) is 9.47. The molecule has 0 atom stereocenters. The molecule has 2 rings (SSSR count). The van der Waals surface area contributed by atoms with Crippen molar-refractivity contribution in [1.82, 2.24) is 9.97 Å². The third kappa shape index (κ3) is 3.13. The van der Waals surface area contributed by atoms with Gasteiger partial charge in [0.2, 0.25) is 0 Å². The SMILES string of the molecule is OCCC#Cc1ccc(-c2ncccn2)cc1. The maximum atomic E-state index is 8.62. The molecule has 1 heterocycles. The first-order valence-corrected chi connectivity index (χ1v) is 5.37. The smallest absolute Gasteiger partial charge is 0.159 e. The van der Waals surface area contributed by atoms with Crippen LogP contribution >= 0.6 is 0 Å². The Morgan fingerprint density at radius 1 is 1.06 bits per heavy atom. The Labute approximate surface area is 100 Å². The number of aromatic nitrogens is 2. The van der Waals surface area contributed by atoms with Gasteiger partial charge in [0.1, 0.15) is 0 Å². The highest BCUT2D eigenvalue weighted by Crippen LogP contribution is 2.13. The first kappa shape index (κ1) is 11.3. The fourth-order valence-electron chi connectivity index (χ4n) is 1.37. The number of rotatable bonds is 2. The number of nitrogens with zero attached hydrogens (tertiary/aromatic N) is 2. The van der Waals surface area contributed by atoms with Gasteiger partial charge in [-0.3, -0.25) is 0 Å². The fourth-order valence-corrected chi connectivity index (χ4v) is 1.37. The van der Waals surface area contributed by atoms with Crippen molar-refractivity contribution in [3.8, 4) is 23.2 Å². The largest absolute Gasteiger partial charge is 0.395 e. The van der Waals surface area contributed by atoms with Crippen LogP contribution in [0.4, 0.5) is 0 Å². The van der Waals surface area contributed by atoms with Crippen molar-refractivity contribution in [1.29, 1.82) is 0 Å². The standard InChI is InChI=1S/C14H12N2O/c17-11-2-1-4-12-5-7-13(8-6-12)14-15-9-3-10-16-14/h3,5-10,17H,2,11H2. The highest BCUT2D eigenvalue weighted by molar-refractivity contribution is 5.56. The van der Waals surface area contributed by atoms with Gasteiger partial charge in [0.05, 0.1) is 6.61 Å². The minimum absolute atomic E-state index is 0.100. The second kappa shape index (κ2) is 5.78. The summed E-state index contributed by atoms with van der Waals surface area (Å²) in [5, 5.41) is 8.62. The second-order valence-electron chi connectivity index (χ2n) is 3.43. The van der Waals surface area contributed by atoms with E-state index in [1.807, 2.05) is 24.3 Å². The number of benzene rings is 1. The van der Waals surface area contributed by atoms with Gasteiger partial charge >= 0.3 is 0 Å². The summed E-state index contributed by atoms with van der Waals surface area (Å²) in [6.45, 7) is 0.100. The van der Waals surface area contributed by atoms with Crippen molar-refractivity contribution in [2.45, 2.75) is 6.42 Å². The van der Waals surface area contributed by atoms with E-state index in [0.717, 1.165) is 11.1 Å². The lowest BCUT2D eigenvalue weighted by Gasteiger charge is -1.98. The zero-order valence-corrected chi connectivity index (χ0v) is 9.30. The van der Waals surface area contributed by atoms with E-state index < -0.39 is 0 Å². The van der Waals surface area contributed by atoms with E-state index in [-0.39, 0.29) is 6.61 Å². The van der Waals surface area contributed by atoms with Gasteiger partial charge in [-0.15, -0.1) is 0 Å². The average Bonchev–Trinajstić information content (AvgIpc) is 2.41. The van der Waals surface area contributed by atoms with Crippen LogP contribution in [0, 0.1) is 11.8 Å². The maximum absolute atomic E-state index is 8.62. The molecule has 3 nitrogen and oxygen atoms in total. The molecule has 0 bridgehead atoms. The summed E-state index contributed by atoms with van der Waals surface area (Å²) in [4.78, 5) is 8.35. The highest BCUT2D eigenvalue weighted by atomic mass is 16.2. The van der Waals surface area contributed by atoms with Crippen LogP contribution < -0.4 is 0 Å². The molecule has 17 heavy (non-hydrogen) atoms. The first-order valence-electron chi connectivity index (χ1n) is 5.37. The van der Waals surface area contributed by atoms with Gasteiger partial charge in [-0.25, -0.2) is 9.97 Å². The Bertz CT molecular complexity index is 524. The quantitative estimate of drug-likeness (QED) is 0.792. The predicted molar refractivity (Wildman–Crippen MR) is 66.0 cm³/mol. The molecule has 3 heteroatoms.